The summed E-state index contributed by atoms with van der Waals surface area (Å²) in [6.07, 6.45) is 3.20. The molecular weight excluding hydrogens is 256 g/mol. The van der Waals surface area contributed by atoms with E-state index in [0.717, 1.165) is 49.4 Å². The molecule has 2 aliphatic heterocycles. The average molecular weight is 273 g/mol. The number of piperidine rings is 1. The van der Waals surface area contributed by atoms with Crippen LogP contribution in [-0.2, 0) is 6.42 Å². The quantitative estimate of drug-likeness (QED) is 0.821. The van der Waals surface area contributed by atoms with E-state index in [1.54, 1.807) is 0 Å². The van der Waals surface area contributed by atoms with E-state index in [4.69, 9.17) is 0 Å². The predicted octanol–water partition coefficient (Wildman–Crippen LogP) is 1.91. The summed E-state index contributed by atoms with van der Waals surface area (Å²) in [4.78, 5) is 16.3. The minimum Gasteiger partial charge on any atom is -0.325 e. The zero-order valence-electron chi connectivity index (χ0n) is 9.62. The van der Waals surface area contributed by atoms with Gasteiger partial charge in [0.25, 0.3) is 5.56 Å². The second kappa shape index (κ2) is 5.46. The lowest BCUT2D eigenvalue weighted by Gasteiger charge is -2.22. The van der Waals surface area contributed by atoms with Gasteiger partial charge in [0.15, 0.2) is 0 Å². The molecule has 0 radical (unpaired) electrons. The largest absolute Gasteiger partial charge is 0.325 e. The second-order valence-electron chi connectivity index (χ2n) is 4.52. The number of thioether (sulfide) groups is 1. The first-order valence-corrected chi connectivity index (χ1v) is 6.93. The molecular formula is C12H17ClN2OS. The van der Waals surface area contributed by atoms with Crippen LogP contribution in [0.4, 0.5) is 0 Å². The molecule has 1 fully saturated rings. The van der Waals surface area contributed by atoms with Gasteiger partial charge < -0.3 is 10.3 Å². The summed E-state index contributed by atoms with van der Waals surface area (Å²) in [5.74, 6) is 1.57. The number of aromatic amines is 1. The maximum atomic E-state index is 12.0. The lowest BCUT2D eigenvalue weighted by atomic mass is 9.91. The molecule has 0 atom stereocenters. The zero-order chi connectivity index (χ0) is 11.0. The normalized spacial score (nSPS) is 19.8. The smallest absolute Gasteiger partial charge is 0.251 e. The van der Waals surface area contributed by atoms with Crippen LogP contribution in [0.5, 0.6) is 0 Å². The van der Waals surface area contributed by atoms with Crippen molar-refractivity contribution in [1.82, 2.24) is 10.3 Å². The molecule has 0 amide bonds. The van der Waals surface area contributed by atoms with Crippen LogP contribution in [0.3, 0.4) is 0 Å². The van der Waals surface area contributed by atoms with Gasteiger partial charge in [0.1, 0.15) is 0 Å². The van der Waals surface area contributed by atoms with Crippen molar-refractivity contribution in [3.8, 4) is 0 Å². The van der Waals surface area contributed by atoms with Crippen LogP contribution in [0.2, 0.25) is 0 Å². The highest BCUT2D eigenvalue weighted by atomic mass is 35.5. The van der Waals surface area contributed by atoms with Gasteiger partial charge in [0.05, 0.1) is 0 Å². The Morgan fingerprint density at radius 3 is 2.82 bits per heavy atom. The molecule has 2 aliphatic rings. The van der Waals surface area contributed by atoms with Gasteiger partial charge in [-0.3, -0.25) is 4.79 Å². The van der Waals surface area contributed by atoms with Crippen molar-refractivity contribution < 1.29 is 0 Å². The molecule has 94 valence electrons. The fraction of sp³-hybridized carbons (Fsp3) is 0.583. The second-order valence-corrected chi connectivity index (χ2v) is 5.66. The summed E-state index contributed by atoms with van der Waals surface area (Å²) in [6.45, 7) is 2.07. The molecule has 0 bridgehead atoms. The first-order chi connectivity index (χ1) is 7.84. The highest BCUT2D eigenvalue weighted by Gasteiger charge is 2.21. The third-order valence-electron chi connectivity index (χ3n) is 3.50. The minimum absolute atomic E-state index is 0. The van der Waals surface area contributed by atoms with E-state index in [-0.39, 0.29) is 18.0 Å². The molecule has 1 aromatic rings. The van der Waals surface area contributed by atoms with E-state index in [9.17, 15) is 4.79 Å². The predicted molar refractivity (Wildman–Crippen MR) is 73.6 cm³/mol. The summed E-state index contributed by atoms with van der Waals surface area (Å²) in [6, 6.07) is 2.14. The van der Waals surface area contributed by atoms with Crippen molar-refractivity contribution in [3.05, 3.63) is 27.7 Å². The van der Waals surface area contributed by atoms with Gasteiger partial charge in [-0.15, -0.1) is 24.2 Å². The summed E-state index contributed by atoms with van der Waals surface area (Å²) < 4.78 is 0. The van der Waals surface area contributed by atoms with Crippen LogP contribution in [-0.4, -0.2) is 23.8 Å². The zero-order valence-corrected chi connectivity index (χ0v) is 11.3. The molecule has 3 heterocycles. The lowest BCUT2D eigenvalue weighted by molar-refractivity contribution is 0.457. The molecule has 0 saturated carbocycles. The summed E-state index contributed by atoms with van der Waals surface area (Å²) >= 11 is 1.87. The third kappa shape index (κ3) is 2.54. The van der Waals surface area contributed by atoms with Crippen molar-refractivity contribution in [2.45, 2.75) is 30.1 Å². The Morgan fingerprint density at radius 2 is 2.06 bits per heavy atom. The molecule has 5 heteroatoms. The van der Waals surface area contributed by atoms with Crippen molar-refractivity contribution in [2.75, 3.05) is 18.8 Å². The van der Waals surface area contributed by atoms with Crippen LogP contribution in [0.25, 0.3) is 0 Å². The molecule has 1 aromatic heterocycles. The maximum Gasteiger partial charge on any atom is 0.251 e. The van der Waals surface area contributed by atoms with Crippen LogP contribution in [0.1, 0.15) is 30.0 Å². The standard InChI is InChI=1S/C12H16N2OS.ClH/c15-12-9(8-1-4-13-5-2-8)7-11-10(14-12)3-6-16-11;/h7-8,13H,1-6H2,(H,14,15);1H. The van der Waals surface area contributed by atoms with E-state index < -0.39 is 0 Å². The number of aromatic nitrogens is 1. The van der Waals surface area contributed by atoms with Crippen LogP contribution < -0.4 is 10.9 Å². The number of rotatable bonds is 1. The Kier molecular flexibility index (Phi) is 4.17. The van der Waals surface area contributed by atoms with Gasteiger partial charge in [-0.05, 0) is 44.3 Å². The van der Waals surface area contributed by atoms with Gasteiger partial charge in [0.2, 0.25) is 0 Å². The number of halogens is 1. The topological polar surface area (TPSA) is 44.9 Å². The van der Waals surface area contributed by atoms with E-state index in [2.05, 4.69) is 16.4 Å². The number of hydrogen-bond donors (Lipinski definition) is 2. The van der Waals surface area contributed by atoms with Crippen molar-refractivity contribution >= 4 is 24.2 Å². The van der Waals surface area contributed by atoms with Gasteiger partial charge in [0, 0.05) is 21.9 Å². The van der Waals surface area contributed by atoms with Crippen LogP contribution in [0.15, 0.2) is 15.8 Å². The Balaban J connectivity index is 0.00000108. The molecule has 1 saturated heterocycles. The fourth-order valence-corrected chi connectivity index (χ4v) is 3.64. The van der Waals surface area contributed by atoms with Gasteiger partial charge in [-0.25, -0.2) is 0 Å². The number of aryl methyl sites for hydroxylation is 1. The first-order valence-electron chi connectivity index (χ1n) is 5.94. The number of nitrogens with one attached hydrogen (secondary N) is 2. The van der Waals surface area contributed by atoms with Crippen molar-refractivity contribution in [1.29, 1.82) is 0 Å². The molecule has 0 unspecified atom stereocenters. The Labute approximate surface area is 111 Å². The number of hydrogen-bond acceptors (Lipinski definition) is 3. The molecule has 0 aromatic carbocycles. The van der Waals surface area contributed by atoms with Crippen molar-refractivity contribution in [2.24, 2.45) is 0 Å². The number of fused-ring (bicyclic) bond motifs is 1. The maximum absolute atomic E-state index is 12.0. The van der Waals surface area contributed by atoms with Gasteiger partial charge in [-0.2, -0.15) is 0 Å². The highest BCUT2D eigenvalue weighted by molar-refractivity contribution is 7.99. The molecule has 3 rings (SSSR count). The molecule has 2 N–H and O–H groups in total. The average Bonchev–Trinajstić information content (AvgIpc) is 2.76. The monoisotopic (exact) mass is 272 g/mol. The Morgan fingerprint density at radius 1 is 1.29 bits per heavy atom. The van der Waals surface area contributed by atoms with E-state index >= 15 is 0 Å². The van der Waals surface area contributed by atoms with Gasteiger partial charge >= 0.3 is 0 Å². The number of H-pyrrole nitrogens is 1. The van der Waals surface area contributed by atoms with Crippen LogP contribution >= 0.6 is 24.2 Å². The molecule has 3 nitrogen and oxygen atoms in total. The summed E-state index contributed by atoms with van der Waals surface area (Å²) in [7, 11) is 0. The van der Waals surface area contributed by atoms with Crippen LogP contribution in [0, 0.1) is 0 Å². The van der Waals surface area contributed by atoms with E-state index in [0.29, 0.717) is 5.92 Å². The summed E-state index contributed by atoms with van der Waals surface area (Å²) in [5.41, 5.74) is 2.30. The molecule has 17 heavy (non-hydrogen) atoms. The molecule has 0 aliphatic carbocycles. The highest BCUT2D eigenvalue weighted by Crippen LogP contribution is 2.32. The van der Waals surface area contributed by atoms with E-state index in [1.807, 2.05) is 11.8 Å². The number of pyridine rings is 1. The SMILES string of the molecule is Cl.O=c1[nH]c2c(cc1C1CCNCC1)SCC2. The minimum atomic E-state index is 0. The van der Waals surface area contributed by atoms with Crippen molar-refractivity contribution in [3.63, 3.8) is 0 Å². The first kappa shape index (κ1) is 13.0. The lowest BCUT2D eigenvalue weighted by Crippen LogP contribution is -2.29. The Hall–Kier alpha value is -0.450. The summed E-state index contributed by atoms with van der Waals surface area (Å²) in [5, 5.41) is 3.34. The van der Waals surface area contributed by atoms with Gasteiger partial charge in [-0.1, -0.05) is 0 Å². The third-order valence-corrected chi connectivity index (χ3v) is 4.58. The Bertz CT molecular complexity index is 454. The van der Waals surface area contributed by atoms with E-state index in [1.165, 1.54) is 4.90 Å². The fourth-order valence-electron chi connectivity index (χ4n) is 2.58. The molecule has 0 spiro atoms.